The average Bonchev–Trinajstić information content (AvgIpc) is 2.83. The number of carbonyl (C=O) groups excluding carboxylic acids is 1. The zero-order chi connectivity index (χ0) is 12.7. The lowest BCUT2D eigenvalue weighted by atomic mass is 9.90. The lowest BCUT2D eigenvalue weighted by Gasteiger charge is -2.28. The predicted molar refractivity (Wildman–Crippen MR) is 65.3 cm³/mol. The molecule has 1 atom stereocenters. The maximum atomic E-state index is 12.0. The minimum absolute atomic E-state index is 0.119. The van der Waals surface area contributed by atoms with E-state index in [1.807, 2.05) is 13.8 Å². The van der Waals surface area contributed by atoms with Crippen molar-refractivity contribution in [1.29, 1.82) is 5.26 Å². The summed E-state index contributed by atoms with van der Waals surface area (Å²) in [4.78, 5) is 12.0. The van der Waals surface area contributed by atoms with Crippen molar-refractivity contribution in [2.45, 2.75) is 64.0 Å². The maximum absolute atomic E-state index is 12.0. The Labute approximate surface area is 103 Å². The van der Waals surface area contributed by atoms with Crippen LogP contribution >= 0.6 is 0 Å². The Bertz CT molecular complexity index is 284. The Hall–Kier alpha value is -1.08. The molecule has 96 valence electrons. The molecule has 1 rings (SSSR count). The van der Waals surface area contributed by atoms with Crippen molar-refractivity contribution in [2.75, 3.05) is 6.61 Å². The summed E-state index contributed by atoms with van der Waals surface area (Å²) < 4.78 is 5.34. The monoisotopic (exact) mass is 238 g/mol. The third kappa shape index (κ3) is 3.71. The zero-order valence-electron chi connectivity index (χ0n) is 10.8. The lowest BCUT2D eigenvalue weighted by molar-refractivity contribution is -0.131. The van der Waals surface area contributed by atoms with Crippen molar-refractivity contribution in [1.82, 2.24) is 5.32 Å². The molecule has 0 radical (unpaired) electrons. The van der Waals surface area contributed by atoms with E-state index in [1.165, 1.54) is 0 Å². The van der Waals surface area contributed by atoms with Gasteiger partial charge in [0.2, 0.25) is 5.91 Å². The van der Waals surface area contributed by atoms with Crippen molar-refractivity contribution >= 4 is 5.91 Å². The van der Waals surface area contributed by atoms with E-state index in [0.717, 1.165) is 25.7 Å². The first-order chi connectivity index (χ1) is 8.17. The van der Waals surface area contributed by atoms with Gasteiger partial charge in [-0.05, 0) is 25.7 Å². The van der Waals surface area contributed by atoms with E-state index >= 15 is 0 Å². The van der Waals surface area contributed by atoms with Gasteiger partial charge < -0.3 is 10.1 Å². The number of hydrogen-bond acceptors (Lipinski definition) is 3. The highest BCUT2D eigenvalue weighted by Crippen LogP contribution is 2.21. The van der Waals surface area contributed by atoms with Crippen LogP contribution in [0.2, 0.25) is 0 Å². The van der Waals surface area contributed by atoms with Crippen LogP contribution in [0.3, 0.4) is 0 Å². The number of amides is 1. The Kier molecular flexibility index (Phi) is 5.43. The fourth-order valence-corrected chi connectivity index (χ4v) is 2.34. The van der Waals surface area contributed by atoms with E-state index in [-0.39, 0.29) is 12.0 Å². The predicted octanol–water partition coefficient (Wildman–Crippen LogP) is 2.14. The summed E-state index contributed by atoms with van der Waals surface area (Å²) in [5.74, 6) is -0.119. The van der Waals surface area contributed by atoms with Gasteiger partial charge in [0.25, 0.3) is 0 Å². The summed E-state index contributed by atoms with van der Waals surface area (Å²) in [7, 11) is 0. The van der Waals surface area contributed by atoms with E-state index in [4.69, 9.17) is 4.74 Å². The minimum atomic E-state index is -0.702. The van der Waals surface area contributed by atoms with Crippen LogP contribution < -0.4 is 5.32 Å². The Balaban J connectivity index is 2.64. The second-order valence-corrected chi connectivity index (χ2v) is 4.68. The average molecular weight is 238 g/mol. The lowest BCUT2D eigenvalue weighted by Crippen LogP contribution is -2.50. The number of hydrogen-bond donors (Lipinski definition) is 1. The molecule has 1 aliphatic heterocycles. The van der Waals surface area contributed by atoms with Gasteiger partial charge in [0.15, 0.2) is 0 Å². The van der Waals surface area contributed by atoms with Crippen LogP contribution in [0.4, 0.5) is 0 Å². The fraction of sp³-hybridized carbons (Fsp3) is 0.846. The molecule has 1 fully saturated rings. The maximum Gasteiger partial charge on any atom is 0.250 e. The van der Waals surface area contributed by atoms with E-state index in [1.54, 1.807) is 0 Å². The Morgan fingerprint density at radius 2 is 2.12 bits per heavy atom. The molecule has 0 unspecified atom stereocenters. The zero-order valence-corrected chi connectivity index (χ0v) is 10.8. The van der Waals surface area contributed by atoms with Gasteiger partial charge in [0, 0.05) is 6.61 Å². The third-order valence-corrected chi connectivity index (χ3v) is 3.15. The summed E-state index contributed by atoms with van der Waals surface area (Å²) in [6, 6.07) is 2.28. The SMILES string of the molecule is CCCC(C#N)(CCC)NC(=O)[C@H]1CCCO1. The van der Waals surface area contributed by atoms with Crippen LogP contribution in [0.1, 0.15) is 52.4 Å². The van der Waals surface area contributed by atoms with E-state index < -0.39 is 5.54 Å². The second-order valence-electron chi connectivity index (χ2n) is 4.68. The molecule has 1 saturated heterocycles. The van der Waals surface area contributed by atoms with Gasteiger partial charge in [-0.25, -0.2) is 0 Å². The molecule has 0 spiro atoms. The molecular weight excluding hydrogens is 216 g/mol. The third-order valence-electron chi connectivity index (χ3n) is 3.15. The summed E-state index contributed by atoms with van der Waals surface area (Å²) >= 11 is 0. The van der Waals surface area contributed by atoms with Crippen LogP contribution in [0, 0.1) is 11.3 Å². The molecule has 17 heavy (non-hydrogen) atoms. The number of ether oxygens (including phenoxy) is 1. The first-order valence-electron chi connectivity index (χ1n) is 6.52. The van der Waals surface area contributed by atoms with Crippen LogP contribution in [0.25, 0.3) is 0 Å². The van der Waals surface area contributed by atoms with Gasteiger partial charge in [0.1, 0.15) is 11.6 Å². The van der Waals surface area contributed by atoms with Gasteiger partial charge in [-0.15, -0.1) is 0 Å². The minimum Gasteiger partial charge on any atom is -0.368 e. The first-order valence-corrected chi connectivity index (χ1v) is 6.52. The second kappa shape index (κ2) is 6.61. The molecule has 1 N–H and O–H groups in total. The number of carbonyl (C=O) groups is 1. The Morgan fingerprint density at radius 1 is 1.47 bits per heavy atom. The van der Waals surface area contributed by atoms with E-state index in [9.17, 15) is 10.1 Å². The van der Waals surface area contributed by atoms with E-state index in [2.05, 4.69) is 11.4 Å². The molecule has 0 bridgehead atoms. The van der Waals surface area contributed by atoms with Crippen molar-refractivity contribution in [2.24, 2.45) is 0 Å². The van der Waals surface area contributed by atoms with E-state index in [0.29, 0.717) is 19.4 Å². The largest absolute Gasteiger partial charge is 0.368 e. The first kappa shape index (κ1) is 14.0. The molecule has 0 saturated carbocycles. The van der Waals surface area contributed by atoms with Gasteiger partial charge in [-0.3, -0.25) is 4.79 Å². The molecule has 4 nitrogen and oxygen atoms in total. The molecular formula is C13H22N2O2. The molecule has 0 aromatic carbocycles. The van der Waals surface area contributed by atoms with Gasteiger partial charge in [-0.1, -0.05) is 26.7 Å². The van der Waals surface area contributed by atoms with Crippen LogP contribution in [0.5, 0.6) is 0 Å². The van der Waals surface area contributed by atoms with Crippen molar-refractivity contribution in [3.63, 3.8) is 0 Å². The highest BCUT2D eigenvalue weighted by molar-refractivity contribution is 5.82. The molecule has 1 heterocycles. The quantitative estimate of drug-likeness (QED) is 0.771. The summed E-state index contributed by atoms with van der Waals surface area (Å²) in [5, 5.41) is 12.2. The smallest absolute Gasteiger partial charge is 0.250 e. The summed E-state index contributed by atoms with van der Waals surface area (Å²) in [6.45, 7) is 4.71. The number of nitriles is 1. The molecule has 1 amide bonds. The van der Waals surface area contributed by atoms with Crippen molar-refractivity contribution in [3.05, 3.63) is 0 Å². The topological polar surface area (TPSA) is 62.1 Å². The molecule has 4 heteroatoms. The summed E-state index contributed by atoms with van der Waals surface area (Å²) in [5.41, 5.74) is -0.702. The highest BCUT2D eigenvalue weighted by Gasteiger charge is 2.34. The molecule has 1 aliphatic rings. The Morgan fingerprint density at radius 3 is 2.53 bits per heavy atom. The number of nitrogens with zero attached hydrogens (tertiary/aromatic N) is 1. The van der Waals surface area contributed by atoms with Gasteiger partial charge in [-0.2, -0.15) is 5.26 Å². The molecule has 0 aliphatic carbocycles. The van der Waals surface area contributed by atoms with Crippen molar-refractivity contribution in [3.8, 4) is 6.07 Å². The standard InChI is InChI=1S/C13H22N2O2/c1-3-7-13(10-14,8-4-2)15-12(16)11-6-5-9-17-11/h11H,3-9H2,1-2H3,(H,15,16)/t11-/m1/s1. The van der Waals surface area contributed by atoms with Gasteiger partial charge >= 0.3 is 0 Å². The number of nitrogens with one attached hydrogen (secondary N) is 1. The van der Waals surface area contributed by atoms with Crippen molar-refractivity contribution < 1.29 is 9.53 Å². The van der Waals surface area contributed by atoms with Crippen LogP contribution in [-0.2, 0) is 9.53 Å². The number of rotatable bonds is 6. The van der Waals surface area contributed by atoms with Crippen LogP contribution in [-0.4, -0.2) is 24.2 Å². The molecule has 0 aromatic rings. The van der Waals surface area contributed by atoms with Gasteiger partial charge in [0.05, 0.1) is 6.07 Å². The van der Waals surface area contributed by atoms with Crippen LogP contribution in [0.15, 0.2) is 0 Å². The summed E-state index contributed by atoms with van der Waals surface area (Å²) in [6.07, 6.45) is 4.53. The molecule has 0 aromatic heterocycles. The fourth-order valence-electron chi connectivity index (χ4n) is 2.34. The normalized spacial score (nSPS) is 19.9. The highest BCUT2D eigenvalue weighted by atomic mass is 16.5.